The van der Waals surface area contributed by atoms with Crippen molar-refractivity contribution in [1.82, 2.24) is 0 Å². The molecule has 0 unspecified atom stereocenters. The lowest BCUT2D eigenvalue weighted by atomic mass is 9.79. The summed E-state index contributed by atoms with van der Waals surface area (Å²) >= 11 is 0. The minimum Gasteiger partial charge on any atom is -0.490 e. The van der Waals surface area contributed by atoms with Crippen LogP contribution in [0.15, 0.2) is 42.5 Å². The number of benzene rings is 2. The summed E-state index contributed by atoms with van der Waals surface area (Å²) in [6, 6.07) is 15.1. The molecule has 4 rings (SSSR count). The molecule has 2 aromatic rings. The molecule has 1 heterocycles. The third kappa shape index (κ3) is 9.66. The Bertz CT molecular complexity index is 1020. The molecule has 0 amide bonds. The molecule has 8 nitrogen and oxygen atoms in total. The molecule has 1 N–H and O–H groups in total. The van der Waals surface area contributed by atoms with E-state index in [-0.39, 0.29) is 18.1 Å². The van der Waals surface area contributed by atoms with Gasteiger partial charge in [0, 0.05) is 46.5 Å². The molecule has 1 fully saturated rings. The summed E-state index contributed by atoms with van der Waals surface area (Å²) in [5.41, 5.74) is 4.62. The Balaban J connectivity index is 1.44. The van der Waals surface area contributed by atoms with E-state index in [1.54, 1.807) is 21.1 Å². The highest BCUT2D eigenvalue weighted by atomic mass is 16.5. The molecule has 2 aromatic carbocycles. The number of nitrogens with zero attached hydrogens (tertiary/aromatic N) is 1. The van der Waals surface area contributed by atoms with E-state index >= 15 is 0 Å². The zero-order chi connectivity index (χ0) is 28.9. The molecule has 4 atom stereocenters. The molecule has 1 aliphatic carbocycles. The van der Waals surface area contributed by atoms with E-state index < -0.39 is 6.10 Å². The van der Waals surface area contributed by atoms with Crippen molar-refractivity contribution >= 4 is 5.69 Å². The second-order valence-electron chi connectivity index (χ2n) is 11.2. The zero-order valence-electron chi connectivity index (χ0n) is 25.1. The topological polar surface area (TPSA) is 78.9 Å². The first kappa shape index (κ1) is 31.7. The van der Waals surface area contributed by atoms with Crippen molar-refractivity contribution in [3.05, 3.63) is 59.2 Å². The molecule has 0 radical (unpaired) electrons. The number of aliphatic hydroxyl groups excluding tert-OH is 1. The monoisotopic (exact) mass is 571 g/mol. The van der Waals surface area contributed by atoms with Crippen LogP contribution in [-0.4, -0.2) is 83.8 Å². The first-order valence-corrected chi connectivity index (χ1v) is 15.2. The Hall–Kier alpha value is -2.20. The van der Waals surface area contributed by atoms with Gasteiger partial charge in [-0.05, 0) is 67.9 Å². The van der Waals surface area contributed by atoms with E-state index in [0.29, 0.717) is 39.6 Å². The van der Waals surface area contributed by atoms with Crippen LogP contribution in [0.2, 0.25) is 0 Å². The molecule has 1 aliphatic heterocycles. The van der Waals surface area contributed by atoms with Crippen LogP contribution in [0.4, 0.5) is 5.69 Å². The fourth-order valence-corrected chi connectivity index (χ4v) is 5.76. The summed E-state index contributed by atoms with van der Waals surface area (Å²) in [5.74, 6) is 1.02. The van der Waals surface area contributed by atoms with Gasteiger partial charge in [0.1, 0.15) is 12.4 Å². The maximum absolute atomic E-state index is 9.92. The summed E-state index contributed by atoms with van der Waals surface area (Å²) in [6.45, 7) is 7.86. The minimum absolute atomic E-state index is 0.00676. The highest BCUT2D eigenvalue weighted by Gasteiger charge is 2.36. The van der Waals surface area contributed by atoms with E-state index in [2.05, 4.69) is 47.4 Å². The van der Waals surface area contributed by atoms with Crippen molar-refractivity contribution in [1.29, 1.82) is 0 Å². The average Bonchev–Trinajstić information content (AvgIpc) is 2.99. The third-order valence-corrected chi connectivity index (χ3v) is 7.82. The summed E-state index contributed by atoms with van der Waals surface area (Å²) in [6.07, 6.45) is 4.34. The Morgan fingerprint density at radius 1 is 0.902 bits per heavy atom. The predicted octanol–water partition coefficient (Wildman–Crippen LogP) is 5.09. The number of aliphatic hydroxyl groups is 1. The average molecular weight is 572 g/mol. The Kier molecular flexibility index (Phi) is 13.2. The molecule has 1 saturated carbocycles. The van der Waals surface area contributed by atoms with Crippen molar-refractivity contribution in [3.63, 3.8) is 0 Å². The molecule has 0 spiro atoms. The largest absolute Gasteiger partial charge is 0.490 e. The summed E-state index contributed by atoms with van der Waals surface area (Å²) in [5, 5.41) is 9.92. The first-order valence-electron chi connectivity index (χ1n) is 15.2. The lowest BCUT2D eigenvalue weighted by molar-refractivity contribution is -0.0835. The Labute approximate surface area is 245 Å². The van der Waals surface area contributed by atoms with E-state index in [9.17, 15) is 5.11 Å². The van der Waals surface area contributed by atoms with Crippen molar-refractivity contribution in [2.24, 2.45) is 0 Å². The molecule has 8 heteroatoms. The molecule has 0 bridgehead atoms. The SMILES string of the molecule is COCCCOCc1ccc([C@@H]2[C@@H](OCc3ccc4c(c3)N(CCCOC)CCO4)CCC[C@H]2OC[C@H](C)O)cc1. The number of hydrogen-bond donors (Lipinski definition) is 1. The molecule has 0 saturated heterocycles. The van der Waals surface area contributed by atoms with E-state index in [0.717, 1.165) is 74.4 Å². The van der Waals surface area contributed by atoms with Crippen LogP contribution in [0.5, 0.6) is 5.75 Å². The van der Waals surface area contributed by atoms with E-state index in [1.807, 2.05) is 0 Å². The van der Waals surface area contributed by atoms with Gasteiger partial charge in [-0.25, -0.2) is 0 Å². The number of hydrogen-bond acceptors (Lipinski definition) is 8. The molecule has 2 aliphatic rings. The summed E-state index contributed by atoms with van der Waals surface area (Å²) < 4.78 is 35.0. The van der Waals surface area contributed by atoms with Crippen molar-refractivity contribution in [3.8, 4) is 5.75 Å². The summed E-state index contributed by atoms with van der Waals surface area (Å²) in [4.78, 5) is 2.38. The third-order valence-electron chi connectivity index (χ3n) is 7.82. The molecular formula is C33H49NO7. The van der Waals surface area contributed by atoms with Crippen molar-refractivity contribution < 1.29 is 33.5 Å². The highest BCUT2D eigenvalue weighted by Crippen LogP contribution is 2.39. The lowest BCUT2D eigenvalue weighted by Crippen LogP contribution is -2.38. The van der Waals surface area contributed by atoms with Gasteiger partial charge in [-0.2, -0.15) is 0 Å². The smallest absolute Gasteiger partial charge is 0.142 e. The van der Waals surface area contributed by atoms with Gasteiger partial charge in [0.2, 0.25) is 0 Å². The van der Waals surface area contributed by atoms with Gasteiger partial charge in [0.15, 0.2) is 0 Å². The van der Waals surface area contributed by atoms with E-state index in [4.69, 9.17) is 28.4 Å². The van der Waals surface area contributed by atoms with Gasteiger partial charge in [-0.3, -0.25) is 0 Å². The van der Waals surface area contributed by atoms with Crippen molar-refractivity contribution in [2.45, 2.75) is 76.5 Å². The second kappa shape index (κ2) is 17.0. The van der Waals surface area contributed by atoms with Crippen LogP contribution in [0.3, 0.4) is 0 Å². The van der Waals surface area contributed by atoms with Crippen LogP contribution in [0, 0.1) is 0 Å². The van der Waals surface area contributed by atoms with Crippen LogP contribution >= 0.6 is 0 Å². The Morgan fingerprint density at radius 3 is 2.39 bits per heavy atom. The number of rotatable bonds is 17. The molecule has 0 aromatic heterocycles. The van der Waals surface area contributed by atoms with Crippen LogP contribution in [0.1, 0.15) is 61.6 Å². The fourth-order valence-electron chi connectivity index (χ4n) is 5.76. The van der Waals surface area contributed by atoms with Gasteiger partial charge >= 0.3 is 0 Å². The van der Waals surface area contributed by atoms with Gasteiger partial charge in [0.05, 0.1) is 50.4 Å². The maximum Gasteiger partial charge on any atom is 0.142 e. The van der Waals surface area contributed by atoms with E-state index in [1.165, 1.54) is 5.56 Å². The normalized spacial score (nSPS) is 21.4. The van der Waals surface area contributed by atoms with Gasteiger partial charge in [-0.15, -0.1) is 0 Å². The molecular weight excluding hydrogens is 522 g/mol. The number of fused-ring (bicyclic) bond motifs is 1. The first-order chi connectivity index (χ1) is 20.1. The lowest BCUT2D eigenvalue weighted by Gasteiger charge is -2.38. The Morgan fingerprint density at radius 2 is 1.63 bits per heavy atom. The quantitative estimate of drug-likeness (QED) is 0.263. The number of ether oxygens (including phenoxy) is 6. The standard InChI is InChI=1S/C33H49NO7/c1-25(35)22-40-31-7-4-8-32(33(31)28-12-9-26(10-13-28)23-38-19-6-18-37-3)41-24-27-11-14-30-29(21-27)34(16-20-39-30)15-5-17-36-2/h9-14,21,25,31-33,35H,4-8,15-20,22-24H2,1-3H3/t25-,31+,32-,33-/m0/s1. The van der Waals surface area contributed by atoms with Crippen LogP contribution < -0.4 is 9.64 Å². The number of anilines is 1. The minimum atomic E-state index is -0.501. The molecule has 41 heavy (non-hydrogen) atoms. The second-order valence-corrected chi connectivity index (χ2v) is 11.2. The van der Waals surface area contributed by atoms with Crippen LogP contribution in [0.25, 0.3) is 0 Å². The van der Waals surface area contributed by atoms with Gasteiger partial charge in [-0.1, -0.05) is 30.3 Å². The highest BCUT2D eigenvalue weighted by molar-refractivity contribution is 5.61. The van der Waals surface area contributed by atoms with Gasteiger partial charge in [0.25, 0.3) is 0 Å². The maximum atomic E-state index is 9.92. The number of methoxy groups -OCH3 is 2. The van der Waals surface area contributed by atoms with Gasteiger partial charge < -0.3 is 38.4 Å². The van der Waals surface area contributed by atoms with Crippen molar-refractivity contribution in [2.75, 3.05) is 65.2 Å². The molecule has 228 valence electrons. The fraction of sp³-hybridized carbons (Fsp3) is 0.636. The summed E-state index contributed by atoms with van der Waals surface area (Å²) in [7, 11) is 3.45. The van der Waals surface area contributed by atoms with Crippen LogP contribution in [-0.2, 0) is 36.9 Å². The predicted molar refractivity (Wildman–Crippen MR) is 160 cm³/mol. The zero-order valence-corrected chi connectivity index (χ0v) is 25.1.